The molecule has 0 aliphatic rings. The van der Waals surface area contributed by atoms with Gasteiger partial charge in [0.15, 0.2) is 5.65 Å². The average Bonchev–Trinajstić information content (AvgIpc) is 2.46. The van der Waals surface area contributed by atoms with Crippen molar-refractivity contribution >= 4 is 35.0 Å². The van der Waals surface area contributed by atoms with E-state index < -0.39 is 0 Å². The van der Waals surface area contributed by atoms with Gasteiger partial charge >= 0.3 is 0 Å². The molecular weight excluding hydrogens is 269 g/mol. The summed E-state index contributed by atoms with van der Waals surface area (Å²) in [5.74, 6) is 0.0754. The fraction of sp³-hybridized carbons (Fsp3) is 0. The second-order valence-corrected chi connectivity index (χ2v) is 4.46. The van der Waals surface area contributed by atoms with Gasteiger partial charge in [-0.15, -0.1) is 0 Å². The number of aromatic nitrogens is 3. The third kappa shape index (κ3) is 2.64. The second-order valence-electron chi connectivity index (χ2n) is 4.46. The van der Waals surface area contributed by atoms with Crippen molar-refractivity contribution in [2.24, 2.45) is 0 Å². The van der Waals surface area contributed by atoms with Gasteiger partial charge in [0.25, 0.3) is 0 Å². The Bertz CT molecular complexity index is 845. The highest BCUT2D eigenvalue weighted by atomic mass is 19.1. The highest BCUT2D eigenvalue weighted by molar-refractivity contribution is 5.88. The largest absolute Gasteiger partial charge is 0.383 e. The molecule has 0 fully saturated rings. The number of pyridine rings is 1. The van der Waals surface area contributed by atoms with Crippen LogP contribution in [0.3, 0.4) is 0 Å². The molecule has 0 saturated heterocycles. The first-order valence-electron chi connectivity index (χ1n) is 6.25. The minimum Gasteiger partial charge on any atom is -0.383 e. The van der Waals surface area contributed by atoms with Crippen molar-refractivity contribution in [2.45, 2.75) is 0 Å². The zero-order valence-corrected chi connectivity index (χ0v) is 11.0. The van der Waals surface area contributed by atoms with E-state index in [1.165, 1.54) is 6.07 Å². The van der Waals surface area contributed by atoms with E-state index in [0.717, 1.165) is 5.56 Å². The third-order valence-corrected chi connectivity index (χ3v) is 2.98. The van der Waals surface area contributed by atoms with Crippen molar-refractivity contribution in [3.8, 4) is 0 Å². The van der Waals surface area contributed by atoms with Gasteiger partial charge in [-0.25, -0.2) is 9.37 Å². The number of rotatable bonds is 2. The first kappa shape index (κ1) is 13.0. The summed E-state index contributed by atoms with van der Waals surface area (Å²) in [5, 5.41) is 0.611. The molecule has 21 heavy (non-hydrogen) atoms. The zero-order valence-electron chi connectivity index (χ0n) is 11.0. The number of anilines is 2. The molecule has 0 bridgehead atoms. The molecule has 0 amide bonds. The maximum Gasteiger partial charge on any atom is 0.224 e. The van der Waals surface area contributed by atoms with Crippen LogP contribution in [0.5, 0.6) is 0 Å². The molecule has 1 aromatic carbocycles. The minimum absolute atomic E-state index is 0.0853. The van der Waals surface area contributed by atoms with E-state index in [1.807, 2.05) is 0 Å². The van der Waals surface area contributed by atoms with E-state index in [-0.39, 0.29) is 17.6 Å². The molecule has 0 atom stereocenters. The lowest BCUT2D eigenvalue weighted by Gasteiger charge is -2.02. The van der Waals surface area contributed by atoms with E-state index in [4.69, 9.17) is 11.5 Å². The summed E-state index contributed by atoms with van der Waals surface area (Å²) in [6.45, 7) is 0. The molecule has 3 aromatic rings. The molecule has 2 heterocycles. The SMILES string of the molecule is Nc1nc(N)c2cc(C=Cc3ccccc3F)cnc2n1. The summed E-state index contributed by atoms with van der Waals surface area (Å²) in [6, 6.07) is 8.31. The van der Waals surface area contributed by atoms with E-state index in [9.17, 15) is 4.39 Å². The van der Waals surface area contributed by atoms with Crippen LogP contribution in [0.2, 0.25) is 0 Å². The maximum absolute atomic E-state index is 13.5. The van der Waals surface area contributed by atoms with Gasteiger partial charge in [-0.05, 0) is 17.7 Å². The number of hydrogen-bond donors (Lipinski definition) is 2. The van der Waals surface area contributed by atoms with E-state index in [0.29, 0.717) is 16.6 Å². The Kier molecular flexibility index (Phi) is 3.19. The summed E-state index contributed by atoms with van der Waals surface area (Å²) in [6.07, 6.45) is 5.04. The molecule has 0 saturated carbocycles. The predicted molar refractivity (Wildman–Crippen MR) is 81.5 cm³/mol. The van der Waals surface area contributed by atoms with Crippen LogP contribution in [0, 0.1) is 5.82 Å². The summed E-state index contributed by atoms with van der Waals surface area (Å²) >= 11 is 0. The summed E-state index contributed by atoms with van der Waals surface area (Å²) < 4.78 is 13.5. The van der Waals surface area contributed by atoms with Crippen LogP contribution in [-0.2, 0) is 0 Å². The van der Waals surface area contributed by atoms with E-state index in [1.54, 1.807) is 42.6 Å². The van der Waals surface area contributed by atoms with Crippen molar-refractivity contribution in [3.63, 3.8) is 0 Å². The Morgan fingerprint density at radius 1 is 1.05 bits per heavy atom. The van der Waals surface area contributed by atoms with Crippen molar-refractivity contribution in [1.29, 1.82) is 0 Å². The summed E-state index contributed by atoms with van der Waals surface area (Å²) in [7, 11) is 0. The van der Waals surface area contributed by atoms with E-state index in [2.05, 4.69) is 15.0 Å². The highest BCUT2D eigenvalue weighted by Gasteiger charge is 2.04. The monoisotopic (exact) mass is 281 g/mol. The highest BCUT2D eigenvalue weighted by Crippen LogP contribution is 2.19. The maximum atomic E-state index is 13.5. The van der Waals surface area contributed by atoms with Gasteiger partial charge in [0.2, 0.25) is 5.95 Å². The van der Waals surface area contributed by atoms with Crippen LogP contribution in [0.4, 0.5) is 16.2 Å². The first-order chi connectivity index (χ1) is 10.1. The topological polar surface area (TPSA) is 90.7 Å². The van der Waals surface area contributed by atoms with Crippen LogP contribution in [0.25, 0.3) is 23.2 Å². The normalized spacial score (nSPS) is 11.3. The minimum atomic E-state index is -0.280. The predicted octanol–water partition coefficient (Wildman–Crippen LogP) is 2.50. The number of nitrogens with two attached hydrogens (primary N) is 2. The number of hydrogen-bond acceptors (Lipinski definition) is 5. The standard InChI is InChI=1S/C15H12FN5/c16-12-4-2-1-3-10(12)6-5-9-7-11-13(17)20-15(18)21-14(11)19-8-9/h1-8H,(H4,17,18,19,20,21). The summed E-state index contributed by atoms with van der Waals surface area (Å²) in [4.78, 5) is 12.1. The van der Waals surface area contributed by atoms with Crippen LogP contribution in [-0.4, -0.2) is 15.0 Å². The molecule has 0 spiro atoms. The molecule has 2 aromatic heterocycles. The number of benzene rings is 1. The first-order valence-corrected chi connectivity index (χ1v) is 6.25. The Morgan fingerprint density at radius 2 is 1.86 bits per heavy atom. The van der Waals surface area contributed by atoms with Crippen LogP contribution < -0.4 is 11.5 Å². The van der Waals surface area contributed by atoms with Crippen molar-refractivity contribution in [3.05, 3.63) is 53.5 Å². The molecule has 0 unspecified atom stereocenters. The van der Waals surface area contributed by atoms with Gasteiger partial charge in [0.05, 0.1) is 5.39 Å². The fourth-order valence-electron chi connectivity index (χ4n) is 1.96. The van der Waals surface area contributed by atoms with Gasteiger partial charge in [-0.1, -0.05) is 30.4 Å². The zero-order chi connectivity index (χ0) is 14.8. The molecular formula is C15H12FN5. The van der Waals surface area contributed by atoms with Gasteiger partial charge in [0, 0.05) is 11.8 Å². The molecule has 3 rings (SSSR count). The number of nitrogens with zero attached hydrogens (tertiary/aromatic N) is 3. The lowest BCUT2D eigenvalue weighted by molar-refractivity contribution is 0.625. The average molecular weight is 281 g/mol. The smallest absolute Gasteiger partial charge is 0.224 e. The van der Waals surface area contributed by atoms with Gasteiger partial charge in [-0.3, -0.25) is 0 Å². The third-order valence-electron chi connectivity index (χ3n) is 2.98. The van der Waals surface area contributed by atoms with Crippen molar-refractivity contribution < 1.29 is 4.39 Å². The number of fused-ring (bicyclic) bond motifs is 1. The van der Waals surface area contributed by atoms with Crippen LogP contribution in [0.15, 0.2) is 36.5 Å². The molecule has 4 N–H and O–H groups in total. The fourth-order valence-corrected chi connectivity index (χ4v) is 1.96. The summed E-state index contributed by atoms with van der Waals surface area (Å²) in [5.41, 5.74) is 13.0. The lowest BCUT2D eigenvalue weighted by Crippen LogP contribution is -2.01. The molecule has 104 valence electrons. The van der Waals surface area contributed by atoms with E-state index >= 15 is 0 Å². The number of nitrogen functional groups attached to an aromatic ring is 2. The molecule has 0 radical (unpaired) electrons. The number of halogens is 1. The Hall–Kier alpha value is -3.02. The Balaban J connectivity index is 2.00. The van der Waals surface area contributed by atoms with Gasteiger partial charge < -0.3 is 11.5 Å². The van der Waals surface area contributed by atoms with Crippen LogP contribution in [0.1, 0.15) is 11.1 Å². The van der Waals surface area contributed by atoms with Crippen LogP contribution >= 0.6 is 0 Å². The quantitative estimate of drug-likeness (QED) is 0.753. The van der Waals surface area contributed by atoms with Gasteiger partial charge in [0.1, 0.15) is 11.6 Å². The molecule has 5 nitrogen and oxygen atoms in total. The van der Waals surface area contributed by atoms with Crippen molar-refractivity contribution in [2.75, 3.05) is 11.5 Å². The van der Waals surface area contributed by atoms with Gasteiger partial charge in [-0.2, -0.15) is 9.97 Å². The lowest BCUT2D eigenvalue weighted by atomic mass is 10.1. The second kappa shape index (κ2) is 5.16. The Labute approximate surface area is 120 Å². The molecule has 0 aliphatic carbocycles. The molecule has 0 aliphatic heterocycles. The Morgan fingerprint density at radius 3 is 2.67 bits per heavy atom. The van der Waals surface area contributed by atoms with Crippen molar-refractivity contribution in [1.82, 2.24) is 15.0 Å². The molecule has 6 heteroatoms.